The Hall–Kier alpha value is -1.73. The monoisotopic (exact) mass is 386 g/mol. The normalized spacial score (nSPS) is 28.3. The number of thiazole rings is 1. The van der Waals surface area contributed by atoms with Crippen molar-refractivity contribution in [2.75, 3.05) is 26.2 Å². The Labute approximate surface area is 162 Å². The number of carbonyl (C=O) groups excluding carboxylic acids is 1. The Bertz CT molecular complexity index is 899. The van der Waals surface area contributed by atoms with Crippen molar-refractivity contribution in [3.63, 3.8) is 0 Å². The van der Waals surface area contributed by atoms with Crippen LogP contribution in [0.15, 0.2) is 22.4 Å². The van der Waals surface area contributed by atoms with E-state index in [-0.39, 0.29) is 5.56 Å². The maximum absolute atomic E-state index is 12.7. The number of piperazine rings is 1. The number of nitrogens with zero attached hydrogens (tertiary/aromatic N) is 4. The second-order valence-corrected chi connectivity index (χ2v) is 9.31. The van der Waals surface area contributed by atoms with Crippen LogP contribution < -0.4 is 5.56 Å². The lowest BCUT2D eigenvalue weighted by atomic mass is 9.86. The average Bonchev–Trinajstić information content (AvgIpc) is 3.39. The van der Waals surface area contributed by atoms with E-state index in [1.54, 1.807) is 16.7 Å². The SMILES string of the molecule is O=C(CC1CC2CCC1C2)N1CCN(Cc2cc(=O)n3ccsc3n2)CC1. The second-order valence-electron chi connectivity index (χ2n) is 8.44. The maximum Gasteiger partial charge on any atom is 0.258 e. The molecule has 2 saturated carbocycles. The Kier molecular flexibility index (Phi) is 4.52. The van der Waals surface area contributed by atoms with E-state index in [1.165, 1.54) is 37.0 Å². The topological polar surface area (TPSA) is 57.9 Å². The minimum absolute atomic E-state index is 0.0177. The largest absolute Gasteiger partial charge is 0.340 e. The minimum atomic E-state index is -0.0177. The number of hydrogen-bond acceptors (Lipinski definition) is 5. The third-order valence-corrected chi connectivity index (χ3v) is 7.54. The van der Waals surface area contributed by atoms with Crippen molar-refractivity contribution < 1.29 is 4.79 Å². The molecule has 1 saturated heterocycles. The Morgan fingerprint density at radius 3 is 2.78 bits per heavy atom. The lowest BCUT2D eigenvalue weighted by Gasteiger charge is -2.35. The van der Waals surface area contributed by atoms with Gasteiger partial charge in [0.1, 0.15) is 0 Å². The van der Waals surface area contributed by atoms with Crippen molar-refractivity contribution in [2.24, 2.45) is 17.8 Å². The average molecular weight is 387 g/mol. The van der Waals surface area contributed by atoms with Crippen LogP contribution in [0.4, 0.5) is 0 Å². The standard InChI is InChI=1S/C20H26N4O2S/c25-18(11-16-10-14-1-2-15(16)9-14)23-5-3-22(4-6-23)13-17-12-19(26)24-7-8-27-20(24)21-17/h7-8,12,14-16H,1-6,9-11,13H2. The fourth-order valence-electron chi connectivity index (χ4n) is 5.33. The number of amides is 1. The lowest BCUT2D eigenvalue weighted by molar-refractivity contribution is -0.134. The molecule has 144 valence electrons. The van der Waals surface area contributed by atoms with Gasteiger partial charge >= 0.3 is 0 Å². The molecule has 5 rings (SSSR count). The zero-order valence-electron chi connectivity index (χ0n) is 15.5. The molecular weight excluding hydrogens is 360 g/mol. The van der Waals surface area contributed by atoms with E-state index in [0.717, 1.165) is 55.1 Å². The first-order valence-corrected chi connectivity index (χ1v) is 11.0. The Morgan fingerprint density at radius 1 is 1.19 bits per heavy atom. The molecule has 3 heterocycles. The summed E-state index contributed by atoms with van der Waals surface area (Å²) in [6.45, 7) is 3.97. The van der Waals surface area contributed by atoms with Gasteiger partial charge in [0.25, 0.3) is 5.56 Å². The highest BCUT2D eigenvalue weighted by molar-refractivity contribution is 7.15. The van der Waals surface area contributed by atoms with Crippen LogP contribution in [0.3, 0.4) is 0 Å². The summed E-state index contributed by atoms with van der Waals surface area (Å²) in [5, 5.41) is 1.88. The van der Waals surface area contributed by atoms with Crippen LogP contribution in [-0.2, 0) is 11.3 Å². The van der Waals surface area contributed by atoms with Crippen LogP contribution >= 0.6 is 11.3 Å². The third-order valence-electron chi connectivity index (χ3n) is 6.79. The molecule has 1 amide bonds. The summed E-state index contributed by atoms with van der Waals surface area (Å²) in [6, 6.07) is 1.63. The van der Waals surface area contributed by atoms with Crippen LogP contribution in [0.1, 0.15) is 37.8 Å². The predicted molar refractivity (Wildman–Crippen MR) is 105 cm³/mol. The Balaban J connectivity index is 1.15. The van der Waals surface area contributed by atoms with E-state index in [4.69, 9.17) is 0 Å². The van der Waals surface area contributed by atoms with Crippen molar-refractivity contribution in [2.45, 2.75) is 38.6 Å². The third kappa shape index (κ3) is 3.43. The Morgan fingerprint density at radius 2 is 2.04 bits per heavy atom. The van der Waals surface area contributed by atoms with Gasteiger partial charge in [-0.2, -0.15) is 0 Å². The number of rotatable bonds is 4. The molecule has 2 bridgehead atoms. The van der Waals surface area contributed by atoms with Gasteiger partial charge < -0.3 is 4.90 Å². The number of fused-ring (bicyclic) bond motifs is 3. The van der Waals surface area contributed by atoms with Crippen molar-refractivity contribution >= 4 is 22.2 Å². The molecule has 3 atom stereocenters. The molecule has 7 heteroatoms. The first-order valence-electron chi connectivity index (χ1n) is 10.1. The van der Waals surface area contributed by atoms with E-state index >= 15 is 0 Å². The molecule has 2 aromatic rings. The highest BCUT2D eigenvalue weighted by atomic mass is 32.1. The second kappa shape index (κ2) is 7.02. The molecule has 0 N–H and O–H groups in total. The summed E-state index contributed by atoms with van der Waals surface area (Å²) in [4.78, 5) is 34.5. The quantitative estimate of drug-likeness (QED) is 0.809. The maximum atomic E-state index is 12.7. The van der Waals surface area contributed by atoms with Gasteiger partial charge in [-0.05, 0) is 37.0 Å². The van der Waals surface area contributed by atoms with E-state index < -0.39 is 0 Å². The number of aromatic nitrogens is 2. The van der Waals surface area contributed by atoms with Gasteiger partial charge in [0.05, 0.1) is 5.69 Å². The summed E-state index contributed by atoms with van der Waals surface area (Å²) in [7, 11) is 0. The summed E-state index contributed by atoms with van der Waals surface area (Å²) < 4.78 is 1.58. The molecule has 3 fully saturated rings. The molecule has 2 aromatic heterocycles. The molecule has 0 spiro atoms. The summed E-state index contributed by atoms with van der Waals surface area (Å²) in [6.07, 6.45) is 7.91. The summed E-state index contributed by atoms with van der Waals surface area (Å²) in [5.41, 5.74) is 0.806. The van der Waals surface area contributed by atoms with Crippen LogP contribution in [0, 0.1) is 17.8 Å². The van der Waals surface area contributed by atoms with Gasteiger partial charge in [-0.25, -0.2) is 4.98 Å². The van der Waals surface area contributed by atoms with Crippen molar-refractivity contribution in [1.82, 2.24) is 19.2 Å². The summed E-state index contributed by atoms with van der Waals surface area (Å²) in [5.74, 6) is 2.71. The molecule has 3 unspecified atom stereocenters. The fourth-order valence-corrected chi connectivity index (χ4v) is 6.07. The van der Waals surface area contributed by atoms with Gasteiger partial charge in [-0.3, -0.25) is 18.9 Å². The van der Waals surface area contributed by atoms with Gasteiger partial charge in [0, 0.05) is 56.8 Å². The van der Waals surface area contributed by atoms with Crippen molar-refractivity contribution in [3.05, 3.63) is 33.7 Å². The minimum Gasteiger partial charge on any atom is -0.340 e. The first kappa shape index (κ1) is 17.4. The van der Waals surface area contributed by atoms with Crippen LogP contribution in [0.2, 0.25) is 0 Å². The molecule has 6 nitrogen and oxygen atoms in total. The van der Waals surface area contributed by atoms with E-state index in [9.17, 15) is 9.59 Å². The van der Waals surface area contributed by atoms with Gasteiger partial charge in [-0.1, -0.05) is 6.42 Å². The van der Waals surface area contributed by atoms with Crippen LogP contribution in [0.25, 0.3) is 4.96 Å². The van der Waals surface area contributed by atoms with Crippen LogP contribution in [-0.4, -0.2) is 51.3 Å². The smallest absolute Gasteiger partial charge is 0.258 e. The summed E-state index contributed by atoms with van der Waals surface area (Å²) >= 11 is 1.48. The highest BCUT2D eigenvalue weighted by Gasteiger charge is 2.40. The van der Waals surface area contributed by atoms with Gasteiger partial charge in [-0.15, -0.1) is 11.3 Å². The molecule has 0 aromatic carbocycles. The predicted octanol–water partition coefficient (Wildman–Crippen LogP) is 2.23. The zero-order chi connectivity index (χ0) is 18.4. The zero-order valence-corrected chi connectivity index (χ0v) is 16.4. The lowest BCUT2D eigenvalue weighted by Crippen LogP contribution is -2.48. The van der Waals surface area contributed by atoms with Gasteiger partial charge in [0.2, 0.25) is 5.91 Å². The van der Waals surface area contributed by atoms with Crippen molar-refractivity contribution in [3.8, 4) is 0 Å². The van der Waals surface area contributed by atoms with Crippen molar-refractivity contribution in [1.29, 1.82) is 0 Å². The van der Waals surface area contributed by atoms with Gasteiger partial charge in [0.15, 0.2) is 4.96 Å². The first-order chi connectivity index (χ1) is 13.2. The number of carbonyl (C=O) groups is 1. The molecular formula is C20H26N4O2S. The molecule has 3 aliphatic rings. The molecule has 0 radical (unpaired) electrons. The number of hydrogen-bond donors (Lipinski definition) is 0. The molecule has 2 aliphatic carbocycles. The van der Waals surface area contributed by atoms with E-state index in [2.05, 4.69) is 9.88 Å². The fraction of sp³-hybridized carbons (Fsp3) is 0.650. The van der Waals surface area contributed by atoms with E-state index in [1.807, 2.05) is 10.3 Å². The van der Waals surface area contributed by atoms with Crippen LogP contribution in [0.5, 0.6) is 0 Å². The van der Waals surface area contributed by atoms with E-state index in [0.29, 0.717) is 18.4 Å². The highest BCUT2D eigenvalue weighted by Crippen LogP contribution is 2.49. The molecule has 1 aliphatic heterocycles. The molecule has 27 heavy (non-hydrogen) atoms.